The zero-order chi connectivity index (χ0) is 28.3. The number of hydrogen-bond donors (Lipinski definition) is 2. The van der Waals surface area contributed by atoms with Gasteiger partial charge in [0.2, 0.25) is 0 Å². The molecule has 11 heteroatoms. The molecule has 0 aliphatic carbocycles. The summed E-state index contributed by atoms with van der Waals surface area (Å²) in [6.07, 6.45) is 1.37. The number of anilines is 2. The van der Waals surface area contributed by atoms with Gasteiger partial charge in [0.05, 0.1) is 27.1 Å². The van der Waals surface area contributed by atoms with E-state index in [2.05, 4.69) is 10.6 Å². The number of aryl methyl sites for hydroxylation is 2. The SMILES string of the molecule is COc1cc(/C=C2/C(=O)NC(=O)N(c3ccc(C)c(C)c3)C2=O)cc(I)c1OCC(=O)Nc1ccccc1Cl. The molecule has 1 fully saturated rings. The molecule has 1 heterocycles. The lowest BCUT2D eigenvalue weighted by molar-refractivity contribution is -0.122. The number of para-hydroxylation sites is 1. The zero-order valence-electron chi connectivity index (χ0n) is 21.1. The summed E-state index contributed by atoms with van der Waals surface area (Å²) in [7, 11) is 1.43. The number of rotatable bonds is 7. The zero-order valence-corrected chi connectivity index (χ0v) is 24.0. The smallest absolute Gasteiger partial charge is 0.335 e. The van der Waals surface area contributed by atoms with E-state index in [4.69, 9.17) is 21.1 Å². The number of benzene rings is 3. The Kier molecular flexibility index (Phi) is 8.56. The minimum atomic E-state index is -0.823. The number of amides is 5. The number of carbonyl (C=O) groups is 4. The largest absolute Gasteiger partial charge is 0.493 e. The number of nitrogens with zero attached hydrogens (tertiary/aromatic N) is 1. The molecule has 1 aliphatic heterocycles. The van der Waals surface area contributed by atoms with Crippen LogP contribution < -0.4 is 25.0 Å². The maximum absolute atomic E-state index is 13.3. The van der Waals surface area contributed by atoms with Gasteiger partial charge in [0.15, 0.2) is 18.1 Å². The molecule has 0 aromatic heterocycles. The van der Waals surface area contributed by atoms with Crippen molar-refractivity contribution in [2.75, 3.05) is 23.9 Å². The summed E-state index contributed by atoms with van der Waals surface area (Å²) in [4.78, 5) is 51.8. The van der Waals surface area contributed by atoms with E-state index in [0.717, 1.165) is 16.0 Å². The van der Waals surface area contributed by atoms with E-state index in [-0.39, 0.29) is 17.9 Å². The van der Waals surface area contributed by atoms with E-state index in [1.54, 1.807) is 54.6 Å². The summed E-state index contributed by atoms with van der Waals surface area (Å²) in [5.41, 5.74) is 2.94. The van der Waals surface area contributed by atoms with Crippen LogP contribution in [0.5, 0.6) is 11.5 Å². The van der Waals surface area contributed by atoms with E-state index in [1.807, 2.05) is 36.4 Å². The highest BCUT2D eigenvalue weighted by atomic mass is 127. The topological polar surface area (TPSA) is 114 Å². The monoisotopic (exact) mass is 659 g/mol. The second-order valence-electron chi connectivity index (χ2n) is 8.58. The van der Waals surface area contributed by atoms with Crippen molar-refractivity contribution in [1.29, 1.82) is 0 Å². The number of imide groups is 2. The van der Waals surface area contributed by atoms with Crippen molar-refractivity contribution in [3.8, 4) is 11.5 Å². The Morgan fingerprint density at radius 1 is 1.08 bits per heavy atom. The number of barbiturate groups is 1. The lowest BCUT2D eigenvalue weighted by Crippen LogP contribution is -2.54. The summed E-state index contributed by atoms with van der Waals surface area (Å²) < 4.78 is 11.7. The van der Waals surface area contributed by atoms with Gasteiger partial charge in [0.25, 0.3) is 17.7 Å². The van der Waals surface area contributed by atoms with E-state index in [0.29, 0.717) is 31.3 Å². The molecule has 9 nitrogen and oxygen atoms in total. The Morgan fingerprint density at radius 3 is 2.51 bits per heavy atom. The van der Waals surface area contributed by atoms with Crippen LogP contribution in [0.4, 0.5) is 16.2 Å². The number of hydrogen-bond acceptors (Lipinski definition) is 6. The predicted octanol–water partition coefficient (Wildman–Crippen LogP) is 5.25. The van der Waals surface area contributed by atoms with Crippen molar-refractivity contribution in [2.24, 2.45) is 0 Å². The third-order valence-electron chi connectivity index (χ3n) is 5.91. The van der Waals surface area contributed by atoms with Gasteiger partial charge in [-0.3, -0.25) is 19.7 Å². The quantitative estimate of drug-likeness (QED) is 0.204. The van der Waals surface area contributed by atoms with Crippen molar-refractivity contribution in [3.05, 3.63) is 85.5 Å². The predicted molar refractivity (Wildman–Crippen MR) is 156 cm³/mol. The summed E-state index contributed by atoms with van der Waals surface area (Å²) in [6.45, 7) is 3.47. The fourth-order valence-corrected chi connectivity index (χ4v) is 4.74. The number of urea groups is 1. The highest BCUT2D eigenvalue weighted by molar-refractivity contribution is 14.1. The molecule has 5 amide bonds. The van der Waals surface area contributed by atoms with E-state index in [9.17, 15) is 19.2 Å². The Hall–Kier alpha value is -3.90. The third-order valence-corrected chi connectivity index (χ3v) is 7.04. The normalized spacial score (nSPS) is 14.3. The number of ether oxygens (including phenoxy) is 2. The number of methoxy groups -OCH3 is 1. The molecule has 2 N–H and O–H groups in total. The lowest BCUT2D eigenvalue weighted by Gasteiger charge is -2.27. The molecule has 200 valence electrons. The van der Waals surface area contributed by atoms with Crippen LogP contribution in [0.25, 0.3) is 6.08 Å². The van der Waals surface area contributed by atoms with Crippen LogP contribution in [0.3, 0.4) is 0 Å². The van der Waals surface area contributed by atoms with Crippen LogP contribution in [0, 0.1) is 17.4 Å². The van der Waals surface area contributed by atoms with Gasteiger partial charge >= 0.3 is 6.03 Å². The summed E-state index contributed by atoms with van der Waals surface area (Å²) in [5.74, 6) is -1.40. The standard InChI is InChI=1S/C28H23ClIN3O6/c1-15-8-9-18(10-16(15)2)33-27(36)19(26(35)32-28(33)37)11-17-12-21(30)25(23(13-17)38-3)39-14-24(34)31-22-7-5-4-6-20(22)29/h4-13H,14H2,1-3H3,(H,31,34)(H,32,35,37)/b19-11-. The van der Waals surface area contributed by atoms with Gasteiger partial charge in [-0.15, -0.1) is 0 Å². The van der Waals surface area contributed by atoms with Gasteiger partial charge in [-0.05, 0) is 95.6 Å². The van der Waals surface area contributed by atoms with Crippen molar-refractivity contribution in [3.63, 3.8) is 0 Å². The van der Waals surface area contributed by atoms with Crippen LogP contribution >= 0.6 is 34.2 Å². The van der Waals surface area contributed by atoms with Crippen LogP contribution in [0.2, 0.25) is 5.02 Å². The molecule has 0 saturated carbocycles. The summed E-state index contributed by atoms with van der Waals surface area (Å²) in [5, 5.41) is 5.30. The maximum atomic E-state index is 13.3. The Labute approximate surface area is 243 Å². The van der Waals surface area contributed by atoms with Gasteiger partial charge in [0, 0.05) is 0 Å². The molecule has 39 heavy (non-hydrogen) atoms. The highest BCUT2D eigenvalue weighted by Gasteiger charge is 2.37. The first-order valence-corrected chi connectivity index (χ1v) is 13.1. The van der Waals surface area contributed by atoms with Crippen molar-refractivity contribution in [2.45, 2.75) is 13.8 Å². The summed E-state index contributed by atoms with van der Waals surface area (Å²) in [6, 6.07) is 14.4. The van der Waals surface area contributed by atoms with Gasteiger partial charge in [-0.2, -0.15) is 0 Å². The first-order valence-electron chi connectivity index (χ1n) is 11.6. The molecule has 0 atom stereocenters. The molecule has 3 aromatic carbocycles. The molecular formula is C28H23ClIN3O6. The number of halogens is 2. The van der Waals surface area contributed by atoms with Gasteiger partial charge in [-0.25, -0.2) is 9.69 Å². The molecule has 4 rings (SSSR count). The molecule has 0 unspecified atom stereocenters. The number of nitrogens with one attached hydrogen (secondary N) is 2. The molecule has 1 saturated heterocycles. The summed E-state index contributed by atoms with van der Waals surface area (Å²) >= 11 is 8.09. The molecule has 3 aromatic rings. The van der Waals surface area contributed by atoms with E-state index < -0.39 is 23.8 Å². The van der Waals surface area contributed by atoms with Gasteiger partial charge in [0.1, 0.15) is 5.57 Å². The third kappa shape index (κ3) is 6.23. The average Bonchev–Trinajstić information content (AvgIpc) is 2.89. The first kappa shape index (κ1) is 28.1. The lowest BCUT2D eigenvalue weighted by atomic mass is 10.0. The van der Waals surface area contributed by atoms with Crippen LogP contribution in [0.15, 0.2) is 60.2 Å². The second-order valence-corrected chi connectivity index (χ2v) is 10.1. The van der Waals surface area contributed by atoms with Gasteiger partial charge in [-0.1, -0.05) is 29.8 Å². The Morgan fingerprint density at radius 2 is 1.82 bits per heavy atom. The fraction of sp³-hybridized carbons (Fsp3) is 0.143. The minimum Gasteiger partial charge on any atom is -0.493 e. The Balaban J connectivity index is 1.57. The van der Waals surface area contributed by atoms with E-state index in [1.165, 1.54) is 13.2 Å². The number of carbonyl (C=O) groups excluding carboxylic acids is 4. The molecule has 0 radical (unpaired) electrons. The molecule has 0 spiro atoms. The van der Waals surface area contributed by atoms with Crippen LogP contribution in [-0.4, -0.2) is 37.5 Å². The molecule has 1 aliphatic rings. The van der Waals surface area contributed by atoms with Crippen molar-refractivity contribution >= 4 is 75.4 Å². The maximum Gasteiger partial charge on any atom is 0.335 e. The van der Waals surface area contributed by atoms with Crippen LogP contribution in [-0.2, 0) is 14.4 Å². The van der Waals surface area contributed by atoms with Crippen LogP contribution in [0.1, 0.15) is 16.7 Å². The molecule has 0 bridgehead atoms. The Bertz CT molecular complexity index is 1540. The van der Waals surface area contributed by atoms with E-state index >= 15 is 0 Å². The van der Waals surface area contributed by atoms with Crippen molar-refractivity contribution < 1.29 is 28.7 Å². The minimum absolute atomic E-state index is 0.224. The molecular weight excluding hydrogens is 637 g/mol. The average molecular weight is 660 g/mol. The highest BCUT2D eigenvalue weighted by Crippen LogP contribution is 2.35. The van der Waals surface area contributed by atoms with Crippen molar-refractivity contribution in [1.82, 2.24) is 5.32 Å². The second kappa shape index (κ2) is 11.9. The first-order chi connectivity index (χ1) is 18.6. The van der Waals surface area contributed by atoms with Gasteiger partial charge < -0.3 is 14.8 Å². The fourth-order valence-electron chi connectivity index (χ4n) is 3.77.